The first-order chi connectivity index (χ1) is 13.4. The van der Waals surface area contributed by atoms with Crippen molar-refractivity contribution in [2.45, 2.75) is 17.0 Å². The molecule has 0 saturated carbocycles. The molecule has 9 heteroatoms. The molecule has 0 aliphatic heterocycles. The number of thioether (sulfide) groups is 1. The summed E-state index contributed by atoms with van der Waals surface area (Å²) in [7, 11) is -0.434. The van der Waals surface area contributed by atoms with Crippen molar-refractivity contribution in [3.63, 3.8) is 0 Å². The molecule has 0 N–H and O–H groups in total. The van der Waals surface area contributed by atoms with Gasteiger partial charge < -0.3 is 9.15 Å². The Labute approximate surface area is 168 Å². The van der Waals surface area contributed by atoms with Crippen LogP contribution in [0, 0.1) is 6.92 Å². The van der Waals surface area contributed by atoms with E-state index in [1.165, 1.54) is 42.3 Å². The fraction of sp³-hybridized carbons (Fsp3) is 0.263. The van der Waals surface area contributed by atoms with Crippen molar-refractivity contribution in [3.8, 4) is 17.2 Å². The van der Waals surface area contributed by atoms with Gasteiger partial charge in [-0.25, -0.2) is 12.7 Å². The maximum Gasteiger partial charge on any atom is 0.276 e. The van der Waals surface area contributed by atoms with Gasteiger partial charge in [0.25, 0.3) is 5.22 Å². The van der Waals surface area contributed by atoms with E-state index in [1.54, 1.807) is 12.1 Å². The van der Waals surface area contributed by atoms with E-state index in [-0.39, 0.29) is 4.90 Å². The molecular formula is C19H21N3O4S2. The van der Waals surface area contributed by atoms with Crippen LogP contribution in [0.3, 0.4) is 0 Å². The number of benzene rings is 2. The van der Waals surface area contributed by atoms with Crippen molar-refractivity contribution in [2.24, 2.45) is 0 Å². The first-order valence-electron chi connectivity index (χ1n) is 8.55. The molecule has 0 spiro atoms. The van der Waals surface area contributed by atoms with Gasteiger partial charge in [-0.3, -0.25) is 0 Å². The van der Waals surface area contributed by atoms with Crippen LogP contribution in [0.2, 0.25) is 0 Å². The molecule has 0 fully saturated rings. The van der Waals surface area contributed by atoms with Gasteiger partial charge in [0, 0.05) is 25.4 Å². The molecule has 0 atom stereocenters. The standard InChI is InChI=1S/C19H21N3O4S2/c1-14-6-4-5-7-17(14)18-20-21-19(26-18)27-13-12-25-15-8-10-16(11-9-15)28(23,24)22(2)3/h4-11H,12-13H2,1-3H3. The lowest BCUT2D eigenvalue weighted by Crippen LogP contribution is -2.22. The molecule has 7 nitrogen and oxygen atoms in total. The van der Waals surface area contributed by atoms with Crippen molar-refractivity contribution >= 4 is 21.8 Å². The Balaban J connectivity index is 1.51. The van der Waals surface area contributed by atoms with Crippen LogP contribution in [0.15, 0.2) is 63.1 Å². The number of hydrogen-bond donors (Lipinski definition) is 0. The fourth-order valence-electron chi connectivity index (χ4n) is 2.40. The number of aromatic nitrogens is 2. The van der Waals surface area contributed by atoms with E-state index >= 15 is 0 Å². The molecular weight excluding hydrogens is 398 g/mol. The van der Waals surface area contributed by atoms with Crippen LogP contribution in [-0.2, 0) is 10.0 Å². The SMILES string of the molecule is Cc1ccccc1-c1nnc(SCCOc2ccc(S(=O)(=O)N(C)C)cc2)o1. The number of hydrogen-bond acceptors (Lipinski definition) is 7. The van der Waals surface area contributed by atoms with Crippen molar-refractivity contribution in [2.75, 3.05) is 26.5 Å². The highest BCUT2D eigenvalue weighted by Crippen LogP contribution is 2.25. The average Bonchev–Trinajstić information content (AvgIpc) is 3.14. The van der Waals surface area contributed by atoms with Gasteiger partial charge in [0.15, 0.2) is 0 Å². The summed E-state index contributed by atoms with van der Waals surface area (Å²) in [6.07, 6.45) is 0. The summed E-state index contributed by atoms with van der Waals surface area (Å²) < 4.78 is 36.6. The van der Waals surface area contributed by atoms with Crippen LogP contribution in [0.5, 0.6) is 5.75 Å². The zero-order valence-electron chi connectivity index (χ0n) is 15.8. The first-order valence-corrected chi connectivity index (χ1v) is 11.0. The highest BCUT2D eigenvalue weighted by atomic mass is 32.2. The maximum atomic E-state index is 12.0. The predicted octanol–water partition coefficient (Wildman–Crippen LogP) is 3.47. The van der Waals surface area contributed by atoms with E-state index in [0.717, 1.165) is 11.1 Å². The topological polar surface area (TPSA) is 85.5 Å². The van der Waals surface area contributed by atoms with E-state index < -0.39 is 10.0 Å². The molecule has 148 valence electrons. The molecule has 3 aromatic rings. The monoisotopic (exact) mass is 419 g/mol. The lowest BCUT2D eigenvalue weighted by atomic mass is 10.1. The van der Waals surface area contributed by atoms with Crippen LogP contribution >= 0.6 is 11.8 Å². The summed E-state index contributed by atoms with van der Waals surface area (Å²) in [6, 6.07) is 14.2. The van der Waals surface area contributed by atoms with Gasteiger partial charge in [-0.1, -0.05) is 30.0 Å². The first kappa shape index (κ1) is 20.4. The number of nitrogens with zero attached hydrogens (tertiary/aromatic N) is 3. The molecule has 3 rings (SSSR count). The second kappa shape index (κ2) is 8.76. The van der Waals surface area contributed by atoms with Crippen molar-refractivity contribution in [1.82, 2.24) is 14.5 Å². The minimum atomic E-state index is -3.43. The normalized spacial score (nSPS) is 11.7. The van der Waals surface area contributed by atoms with Gasteiger partial charge in [-0.05, 0) is 42.8 Å². The van der Waals surface area contributed by atoms with Crippen molar-refractivity contribution in [3.05, 3.63) is 54.1 Å². The lowest BCUT2D eigenvalue weighted by Gasteiger charge is -2.11. The molecule has 0 unspecified atom stereocenters. The van der Waals surface area contributed by atoms with E-state index in [2.05, 4.69) is 10.2 Å². The van der Waals surface area contributed by atoms with Gasteiger partial charge in [0.1, 0.15) is 5.75 Å². The molecule has 0 aliphatic carbocycles. The van der Waals surface area contributed by atoms with Crippen LogP contribution in [0.1, 0.15) is 5.56 Å². The Morgan fingerprint density at radius 2 is 1.79 bits per heavy atom. The average molecular weight is 420 g/mol. The van der Waals surface area contributed by atoms with Crippen molar-refractivity contribution < 1.29 is 17.6 Å². The van der Waals surface area contributed by atoms with Crippen LogP contribution in [0.25, 0.3) is 11.5 Å². The van der Waals surface area contributed by atoms with Gasteiger partial charge in [-0.15, -0.1) is 10.2 Å². The zero-order chi connectivity index (χ0) is 20.1. The third kappa shape index (κ3) is 4.73. The van der Waals surface area contributed by atoms with E-state index in [9.17, 15) is 8.42 Å². The highest BCUT2D eigenvalue weighted by molar-refractivity contribution is 7.99. The molecule has 0 bridgehead atoms. The van der Waals surface area contributed by atoms with E-state index in [0.29, 0.717) is 29.2 Å². The largest absolute Gasteiger partial charge is 0.493 e. The second-order valence-electron chi connectivity index (χ2n) is 6.14. The van der Waals surface area contributed by atoms with E-state index in [4.69, 9.17) is 9.15 Å². The molecule has 0 radical (unpaired) electrons. The van der Waals surface area contributed by atoms with Gasteiger partial charge in [-0.2, -0.15) is 0 Å². The minimum Gasteiger partial charge on any atom is -0.493 e. The lowest BCUT2D eigenvalue weighted by molar-refractivity contribution is 0.343. The quantitative estimate of drug-likeness (QED) is 0.408. The predicted molar refractivity (Wildman–Crippen MR) is 108 cm³/mol. The molecule has 0 aliphatic rings. The Bertz CT molecular complexity index is 1030. The van der Waals surface area contributed by atoms with Crippen LogP contribution in [0.4, 0.5) is 0 Å². The number of rotatable bonds is 8. The Morgan fingerprint density at radius 1 is 1.07 bits per heavy atom. The number of sulfonamides is 1. The molecule has 1 heterocycles. The maximum absolute atomic E-state index is 12.0. The summed E-state index contributed by atoms with van der Waals surface area (Å²) in [6.45, 7) is 2.42. The highest BCUT2D eigenvalue weighted by Gasteiger charge is 2.16. The minimum absolute atomic E-state index is 0.230. The number of aryl methyl sites for hydroxylation is 1. The van der Waals surface area contributed by atoms with Gasteiger partial charge >= 0.3 is 0 Å². The smallest absolute Gasteiger partial charge is 0.276 e. The Kier molecular flexibility index (Phi) is 6.38. The Hall–Kier alpha value is -2.36. The fourth-order valence-corrected chi connectivity index (χ4v) is 3.88. The molecule has 0 amide bonds. The zero-order valence-corrected chi connectivity index (χ0v) is 17.5. The summed E-state index contributed by atoms with van der Waals surface area (Å²) in [4.78, 5) is 0.230. The molecule has 0 saturated heterocycles. The third-order valence-corrected chi connectivity index (χ3v) is 6.57. The van der Waals surface area contributed by atoms with Gasteiger partial charge in [0.2, 0.25) is 15.9 Å². The van der Waals surface area contributed by atoms with Crippen molar-refractivity contribution in [1.29, 1.82) is 0 Å². The van der Waals surface area contributed by atoms with Gasteiger partial charge in [0.05, 0.1) is 11.5 Å². The molecule has 2 aromatic carbocycles. The Morgan fingerprint density at radius 3 is 2.46 bits per heavy atom. The molecule has 1 aromatic heterocycles. The molecule has 28 heavy (non-hydrogen) atoms. The van der Waals surface area contributed by atoms with Crippen LogP contribution < -0.4 is 4.74 Å². The third-order valence-electron chi connectivity index (χ3n) is 3.96. The summed E-state index contributed by atoms with van der Waals surface area (Å²) in [5, 5.41) is 8.63. The summed E-state index contributed by atoms with van der Waals surface area (Å²) in [5.41, 5.74) is 2.00. The van der Waals surface area contributed by atoms with E-state index in [1.807, 2.05) is 31.2 Å². The van der Waals surface area contributed by atoms with Crippen LogP contribution in [-0.4, -0.2) is 49.4 Å². The second-order valence-corrected chi connectivity index (χ2v) is 9.34. The number of ether oxygens (including phenoxy) is 1. The summed E-state index contributed by atoms with van der Waals surface area (Å²) in [5.74, 6) is 1.72. The summed E-state index contributed by atoms with van der Waals surface area (Å²) >= 11 is 1.40.